The Hall–Kier alpha value is -2.20. The highest BCUT2D eigenvalue weighted by molar-refractivity contribution is 6.23. The first-order valence-electron chi connectivity index (χ1n) is 7.96. The Bertz CT molecular complexity index is 1080. The summed E-state index contributed by atoms with van der Waals surface area (Å²) < 4.78 is 5.60. The molecule has 2 aliphatic rings. The van der Waals surface area contributed by atoms with Gasteiger partial charge in [-0.1, -0.05) is 42.5 Å². The normalized spacial score (nSPS) is 29.1. The molecule has 0 saturated carbocycles. The second kappa shape index (κ2) is 3.82. The second-order valence-electron chi connectivity index (χ2n) is 6.69. The minimum atomic E-state index is -0.890. The van der Waals surface area contributed by atoms with Gasteiger partial charge in [0.2, 0.25) is 0 Å². The van der Waals surface area contributed by atoms with Gasteiger partial charge >= 0.3 is 0 Å². The first-order chi connectivity index (χ1) is 11.2. The molecule has 4 aromatic rings. The first-order valence-corrected chi connectivity index (χ1v) is 7.96. The van der Waals surface area contributed by atoms with Crippen LogP contribution < -0.4 is 0 Å². The molecule has 0 spiro atoms. The highest BCUT2D eigenvalue weighted by Gasteiger charge is 2.54. The molecule has 6 rings (SSSR count). The van der Waals surface area contributed by atoms with Crippen molar-refractivity contribution in [1.82, 2.24) is 0 Å². The van der Waals surface area contributed by atoms with E-state index in [9.17, 15) is 10.2 Å². The van der Waals surface area contributed by atoms with Crippen molar-refractivity contribution in [2.75, 3.05) is 0 Å². The Balaban J connectivity index is 1.86. The molecule has 1 saturated heterocycles. The largest absolute Gasteiger partial charge is 0.387 e. The van der Waals surface area contributed by atoms with Gasteiger partial charge in [-0.25, -0.2) is 0 Å². The third-order valence-electron chi connectivity index (χ3n) is 5.51. The van der Waals surface area contributed by atoms with Crippen molar-refractivity contribution >= 4 is 32.3 Å². The number of hydrogen-bond acceptors (Lipinski definition) is 3. The van der Waals surface area contributed by atoms with Gasteiger partial charge in [0.05, 0.1) is 0 Å². The minimum Gasteiger partial charge on any atom is -0.387 e. The van der Waals surface area contributed by atoms with E-state index in [1.165, 1.54) is 26.9 Å². The van der Waals surface area contributed by atoms with Crippen molar-refractivity contribution in [3.63, 3.8) is 0 Å². The fraction of sp³-hybridized carbons (Fsp3) is 0.200. The van der Waals surface area contributed by atoms with E-state index < -0.39 is 12.2 Å². The molecule has 1 aliphatic heterocycles. The van der Waals surface area contributed by atoms with Crippen LogP contribution >= 0.6 is 0 Å². The fourth-order valence-corrected chi connectivity index (χ4v) is 4.40. The van der Waals surface area contributed by atoms with Gasteiger partial charge < -0.3 is 14.9 Å². The predicted molar refractivity (Wildman–Crippen MR) is 88.7 cm³/mol. The van der Waals surface area contributed by atoms with Crippen molar-refractivity contribution < 1.29 is 14.9 Å². The lowest BCUT2D eigenvalue weighted by atomic mass is 9.81. The molecule has 23 heavy (non-hydrogen) atoms. The lowest BCUT2D eigenvalue weighted by Crippen LogP contribution is -2.29. The second-order valence-corrected chi connectivity index (χ2v) is 6.69. The summed E-state index contributed by atoms with van der Waals surface area (Å²) in [6.07, 6.45) is -2.07. The van der Waals surface area contributed by atoms with E-state index in [0.717, 1.165) is 16.5 Å². The topological polar surface area (TPSA) is 53.0 Å². The van der Waals surface area contributed by atoms with Gasteiger partial charge in [-0.05, 0) is 49.5 Å². The summed E-state index contributed by atoms with van der Waals surface area (Å²) in [5, 5.41) is 27.9. The summed E-state index contributed by atoms with van der Waals surface area (Å²) in [4.78, 5) is 0. The molecule has 0 unspecified atom stereocenters. The van der Waals surface area contributed by atoms with E-state index in [4.69, 9.17) is 4.74 Å². The maximum atomic E-state index is 10.6. The zero-order valence-electron chi connectivity index (χ0n) is 12.2. The van der Waals surface area contributed by atoms with Crippen molar-refractivity contribution in [3.05, 3.63) is 59.7 Å². The maximum Gasteiger partial charge on any atom is 0.118 e. The molecule has 0 bridgehead atoms. The molecule has 112 valence electrons. The van der Waals surface area contributed by atoms with Crippen LogP contribution in [-0.2, 0) is 4.74 Å². The van der Waals surface area contributed by atoms with E-state index in [0.29, 0.717) is 0 Å². The van der Waals surface area contributed by atoms with Crippen LogP contribution in [0.4, 0.5) is 0 Å². The number of aliphatic hydroxyl groups is 2. The van der Waals surface area contributed by atoms with Crippen molar-refractivity contribution in [1.29, 1.82) is 0 Å². The Morgan fingerprint density at radius 1 is 0.826 bits per heavy atom. The summed E-state index contributed by atoms with van der Waals surface area (Å²) in [5.74, 6) is 0. The van der Waals surface area contributed by atoms with Gasteiger partial charge in [0.1, 0.15) is 24.4 Å². The summed E-state index contributed by atoms with van der Waals surface area (Å²) >= 11 is 0. The summed E-state index contributed by atoms with van der Waals surface area (Å²) in [6, 6.07) is 16.9. The number of rotatable bonds is 0. The van der Waals surface area contributed by atoms with Crippen molar-refractivity contribution in [2.45, 2.75) is 24.4 Å². The number of aliphatic hydroxyl groups excluding tert-OH is 2. The van der Waals surface area contributed by atoms with E-state index in [-0.39, 0.29) is 12.2 Å². The van der Waals surface area contributed by atoms with Gasteiger partial charge in [0, 0.05) is 0 Å². The average Bonchev–Trinajstić information content (AvgIpc) is 3.38. The Morgan fingerprint density at radius 2 is 1.57 bits per heavy atom. The van der Waals surface area contributed by atoms with Crippen LogP contribution in [0.15, 0.2) is 48.5 Å². The molecule has 4 aromatic carbocycles. The van der Waals surface area contributed by atoms with E-state index in [2.05, 4.69) is 48.5 Å². The third kappa shape index (κ3) is 1.36. The molecular formula is C20H14O3. The number of fused-ring (bicyclic) bond motifs is 4. The van der Waals surface area contributed by atoms with Crippen molar-refractivity contribution in [3.8, 4) is 0 Å². The van der Waals surface area contributed by atoms with Crippen LogP contribution in [0.25, 0.3) is 32.3 Å². The van der Waals surface area contributed by atoms with E-state index in [1.54, 1.807) is 0 Å². The fourth-order valence-electron chi connectivity index (χ4n) is 4.40. The summed E-state index contributed by atoms with van der Waals surface area (Å²) in [7, 11) is 0. The monoisotopic (exact) mass is 302 g/mol. The van der Waals surface area contributed by atoms with Gasteiger partial charge in [0.25, 0.3) is 0 Å². The molecule has 3 nitrogen and oxygen atoms in total. The molecule has 1 heterocycles. The molecular weight excluding hydrogens is 288 g/mol. The molecule has 1 fully saturated rings. The minimum absolute atomic E-state index is 0.0784. The number of hydrogen-bond donors (Lipinski definition) is 2. The summed E-state index contributed by atoms with van der Waals surface area (Å²) in [6.45, 7) is 0. The van der Waals surface area contributed by atoms with Gasteiger partial charge in [-0.15, -0.1) is 0 Å². The molecule has 4 atom stereocenters. The Kier molecular flexibility index (Phi) is 2.03. The van der Waals surface area contributed by atoms with Crippen LogP contribution in [0.1, 0.15) is 23.3 Å². The molecule has 0 radical (unpaired) electrons. The van der Waals surface area contributed by atoms with Crippen LogP contribution in [0.3, 0.4) is 0 Å². The van der Waals surface area contributed by atoms with Crippen LogP contribution in [0, 0.1) is 0 Å². The molecule has 0 aromatic heterocycles. The molecule has 2 N–H and O–H groups in total. The quantitative estimate of drug-likeness (QED) is 0.386. The van der Waals surface area contributed by atoms with Gasteiger partial charge in [-0.3, -0.25) is 0 Å². The van der Waals surface area contributed by atoms with E-state index >= 15 is 0 Å². The molecule has 1 aliphatic carbocycles. The van der Waals surface area contributed by atoms with Gasteiger partial charge in [-0.2, -0.15) is 0 Å². The number of ether oxygens (including phenoxy) is 1. The Morgan fingerprint density at radius 3 is 2.39 bits per heavy atom. The zero-order valence-corrected chi connectivity index (χ0v) is 12.2. The van der Waals surface area contributed by atoms with Crippen LogP contribution in [0.2, 0.25) is 0 Å². The standard InChI is InChI=1S/C20H14O3/c21-17-16-12-7-6-10-3-1-2-9-4-5-11(15(12)14(9)10)8-13(16)19-20(23-19)18(17)22/h1-8,17-22H/t17-,18+,19-,20+/m1/s1. The lowest BCUT2D eigenvalue weighted by Gasteiger charge is -2.26. The molecule has 0 amide bonds. The van der Waals surface area contributed by atoms with Gasteiger partial charge in [0.15, 0.2) is 0 Å². The third-order valence-corrected chi connectivity index (χ3v) is 5.51. The molecule has 3 heteroatoms. The van der Waals surface area contributed by atoms with E-state index in [1.807, 2.05) is 0 Å². The number of epoxide rings is 1. The SMILES string of the molecule is O[C@@H]1[C@@H]2O[C@@H]2c2cc3ccc4cccc5ccc(c2[C@H]1O)c3c45. The van der Waals surface area contributed by atoms with Crippen LogP contribution in [-0.4, -0.2) is 22.4 Å². The Labute approximate surface area is 132 Å². The highest BCUT2D eigenvalue weighted by atomic mass is 16.6. The highest BCUT2D eigenvalue weighted by Crippen LogP contribution is 2.53. The smallest absolute Gasteiger partial charge is 0.118 e. The first kappa shape index (κ1) is 12.3. The predicted octanol–water partition coefficient (Wildman–Crippen LogP) is 3.43. The lowest BCUT2D eigenvalue weighted by molar-refractivity contribution is 0.000843. The summed E-state index contributed by atoms with van der Waals surface area (Å²) in [5.41, 5.74) is 1.86. The average molecular weight is 302 g/mol. The zero-order chi connectivity index (χ0) is 15.3. The van der Waals surface area contributed by atoms with Crippen LogP contribution in [0.5, 0.6) is 0 Å². The maximum absolute atomic E-state index is 10.6. The number of benzene rings is 4. The van der Waals surface area contributed by atoms with Crippen molar-refractivity contribution in [2.24, 2.45) is 0 Å².